The van der Waals surface area contributed by atoms with Crippen LogP contribution in [0.15, 0.2) is 18.2 Å². The van der Waals surface area contributed by atoms with Gasteiger partial charge in [0.15, 0.2) is 25.0 Å². The fraction of sp³-hybridized carbons (Fsp3) is 0.800. The van der Waals surface area contributed by atoms with Gasteiger partial charge in [-0.3, -0.25) is 0 Å². The monoisotopic (exact) mass is 592 g/mol. The largest absolute Gasteiger partial charge is 0.544 e. The smallest absolute Gasteiger partial charge is 0.242 e. The van der Waals surface area contributed by atoms with Crippen LogP contribution in [0.4, 0.5) is 0 Å². The topological polar surface area (TPSA) is 36.9 Å². The molecular weight excluding hydrogens is 537 g/mol. The summed E-state index contributed by atoms with van der Waals surface area (Å²) in [6.45, 7) is 30.4. The number of fused-ring (bicyclic) bond motifs is 5. The molecule has 2 saturated carbocycles. The molecule has 0 bridgehead atoms. The molecule has 3 aliphatic carbocycles. The third kappa shape index (κ3) is 6.97. The molecular formula is C30H56O4Si4. The molecule has 0 radical (unpaired) electrons. The lowest BCUT2D eigenvalue weighted by atomic mass is 9.54. The molecule has 0 heterocycles. The van der Waals surface area contributed by atoms with Gasteiger partial charge in [0.2, 0.25) is 8.32 Å². The summed E-state index contributed by atoms with van der Waals surface area (Å²) < 4.78 is 27.6. The predicted molar refractivity (Wildman–Crippen MR) is 170 cm³/mol. The summed E-state index contributed by atoms with van der Waals surface area (Å²) >= 11 is 0. The number of benzene rings is 1. The number of hydrogen-bond acceptors (Lipinski definition) is 4. The van der Waals surface area contributed by atoms with Crippen LogP contribution < -0.4 is 4.43 Å². The molecule has 216 valence electrons. The lowest BCUT2D eigenvalue weighted by Gasteiger charge is -2.56. The lowest BCUT2D eigenvalue weighted by Crippen LogP contribution is -2.54. The highest BCUT2D eigenvalue weighted by Gasteiger charge is 2.60. The zero-order valence-electron chi connectivity index (χ0n) is 26.7. The zero-order valence-corrected chi connectivity index (χ0v) is 30.7. The summed E-state index contributed by atoms with van der Waals surface area (Å²) in [5.74, 6) is 2.64. The molecule has 4 nitrogen and oxygen atoms in total. The van der Waals surface area contributed by atoms with Gasteiger partial charge < -0.3 is 17.7 Å². The first kappa shape index (κ1) is 30.7. The average Bonchev–Trinajstić information content (AvgIpc) is 2.99. The predicted octanol–water partition coefficient (Wildman–Crippen LogP) is 9.16. The van der Waals surface area contributed by atoms with E-state index in [0.29, 0.717) is 23.9 Å². The Bertz CT molecular complexity index is 1000. The highest BCUT2D eigenvalue weighted by Crippen LogP contribution is 2.64. The molecule has 0 amide bonds. The van der Waals surface area contributed by atoms with Crippen molar-refractivity contribution in [2.75, 3.05) is 0 Å². The van der Waals surface area contributed by atoms with E-state index >= 15 is 0 Å². The Morgan fingerprint density at radius 1 is 0.711 bits per heavy atom. The summed E-state index contributed by atoms with van der Waals surface area (Å²) in [5, 5.41) is 0. The summed E-state index contributed by atoms with van der Waals surface area (Å²) in [6.07, 6.45) is 5.35. The first-order valence-corrected chi connectivity index (χ1v) is 28.6. The van der Waals surface area contributed by atoms with Gasteiger partial charge >= 0.3 is 0 Å². The van der Waals surface area contributed by atoms with Gasteiger partial charge in [-0.1, -0.05) is 13.0 Å². The summed E-state index contributed by atoms with van der Waals surface area (Å²) in [7, 11) is -6.88. The second-order valence-electron chi connectivity index (χ2n) is 16.5. The minimum absolute atomic E-state index is 0.134. The minimum Gasteiger partial charge on any atom is -0.544 e. The van der Waals surface area contributed by atoms with Crippen molar-refractivity contribution in [3.8, 4) is 5.75 Å². The van der Waals surface area contributed by atoms with E-state index in [2.05, 4.69) is 104 Å². The quantitative estimate of drug-likeness (QED) is 0.282. The Balaban J connectivity index is 1.81. The number of rotatable bonds is 8. The molecule has 7 atom stereocenters. The van der Waals surface area contributed by atoms with E-state index in [4.69, 9.17) is 17.7 Å². The van der Waals surface area contributed by atoms with Crippen molar-refractivity contribution in [3.05, 3.63) is 29.3 Å². The first-order chi connectivity index (χ1) is 17.2. The van der Waals surface area contributed by atoms with Crippen molar-refractivity contribution in [1.82, 2.24) is 0 Å². The van der Waals surface area contributed by atoms with Crippen LogP contribution in [0.3, 0.4) is 0 Å². The van der Waals surface area contributed by atoms with Gasteiger partial charge in [-0.2, -0.15) is 0 Å². The molecule has 0 aliphatic heterocycles. The van der Waals surface area contributed by atoms with E-state index in [1.54, 1.807) is 0 Å². The van der Waals surface area contributed by atoms with Gasteiger partial charge in [-0.15, -0.1) is 0 Å². The van der Waals surface area contributed by atoms with Crippen LogP contribution in [0.2, 0.25) is 78.6 Å². The third-order valence-corrected chi connectivity index (χ3v) is 12.4. The van der Waals surface area contributed by atoms with Crippen molar-refractivity contribution in [3.63, 3.8) is 0 Å². The molecule has 0 saturated heterocycles. The Morgan fingerprint density at radius 2 is 1.32 bits per heavy atom. The van der Waals surface area contributed by atoms with Crippen molar-refractivity contribution in [2.24, 2.45) is 17.3 Å². The van der Waals surface area contributed by atoms with Crippen molar-refractivity contribution in [2.45, 2.75) is 135 Å². The summed E-state index contributed by atoms with van der Waals surface area (Å²) in [5.41, 5.74) is 2.99. The van der Waals surface area contributed by atoms with Crippen LogP contribution in [0.5, 0.6) is 5.75 Å². The fourth-order valence-electron chi connectivity index (χ4n) is 7.70. The zero-order chi connectivity index (χ0) is 28.5. The van der Waals surface area contributed by atoms with Gasteiger partial charge in [-0.05, 0) is 145 Å². The SMILES string of the molecule is CC12CC(O[Si](C)(C)C)C3c4ccc(O[Si](C)(C)C)cc4C(O[Si](C)(C)C)CC3C1CCC2O[Si](C)(C)C. The first-order valence-electron chi connectivity index (χ1n) is 15.0. The van der Waals surface area contributed by atoms with Gasteiger partial charge in [0.1, 0.15) is 5.75 Å². The highest BCUT2D eigenvalue weighted by atomic mass is 28.4. The Kier molecular flexibility index (Phi) is 8.28. The Morgan fingerprint density at radius 3 is 1.87 bits per heavy atom. The minimum atomic E-state index is -1.76. The van der Waals surface area contributed by atoms with Crippen LogP contribution in [0, 0.1) is 17.3 Å². The normalized spacial score (nSPS) is 33.9. The maximum absolute atomic E-state index is 7.14. The molecule has 4 rings (SSSR count). The molecule has 2 fully saturated rings. The van der Waals surface area contributed by atoms with Crippen LogP contribution in [0.1, 0.15) is 55.8 Å². The van der Waals surface area contributed by atoms with E-state index in [-0.39, 0.29) is 17.6 Å². The van der Waals surface area contributed by atoms with E-state index in [1.807, 2.05) is 0 Å². The molecule has 0 aromatic heterocycles. The maximum Gasteiger partial charge on any atom is 0.242 e. The molecule has 38 heavy (non-hydrogen) atoms. The standard InChI is InChI=1S/C30H56O4Si4/c1-30-20-27(33-37(8,9)10)29-22-15-14-21(31-35(2,3)4)18-23(22)26(32-36(5,6)7)19-24(29)25(30)16-17-28(30)34-38(11,12)13/h14-15,18,24-29H,16-17,19-20H2,1-13H3. The second kappa shape index (κ2) is 10.2. The van der Waals surface area contributed by atoms with Crippen LogP contribution in [-0.4, -0.2) is 45.5 Å². The second-order valence-corrected chi connectivity index (χ2v) is 34.3. The summed E-state index contributed by atoms with van der Waals surface area (Å²) in [6, 6.07) is 6.95. The highest BCUT2D eigenvalue weighted by molar-refractivity contribution is 6.71. The van der Waals surface area contributed by atoms with Gasteiger partial charge in [-0.25, -0.2) is 0 Å². The van der Waals surface area contributed by atoms with Crippen LogP contribution >= 0.6 is 0 Å². The van der Waals surface area contributed by atoms with Gasteiger partial charge in [0, 0.05) is 5.92 Å². The molecule has 1 aromatic rings. The van der Waals surface area contributed by atoms with Crippen molar-refractivity contribution in [1.29, 1.82) is 0 Å². The molecule has 1 aromatic carbocycles. The van der Waals surface area contributed by atoms with Crippen LogP contribution in [0.25, 0.3) is 0 Å². The Hall–Kier alpha value is -0.232. The molecule has 0 N–H and O–H groups in total. The van der Waals surface area contributed by atoms with Gasteiger partial charge in [0.25, 0.3) is 0 Å². The average molecular weight is 593 g/mol. The van der Waals surface area contributed by atoms with E-state index in [0.717, 1.165) is 18.6 Å². The summed E-state index contributed by atoms with van der Waals surface area (Å²) in [4.78, 5) is 0. The van der Waals surface area contributed by atoms with Gasteiger partial charge in [0.05, 0.1) is 18.3 Å². The van der Waals surface area contributed by atoms with E-state index in [1.165, 1.54) is 24.0 Å². The third-order valence-electron chi connectivity index (χ3n) is 8.51. The Labute approximate surface area is 238 Å². The van der Waals surface area contributed by atoms with Crippen molar-refractivity contribution < 1.29 is 17.7 Å². The molecule has 8 heteroatoms. The molecule has 7 unspecified atom stereocenters. The van der Waals surface area contributed by atoms with E-state index < -0.39 is 33.3 Å². The molecule has 0 spiro atoms. The van der Waals surface area contributed by atoms with Crippen molar-refractivity contribution >= 4 is 33.3 Å². The molecule has 3 aliphatic rings. The number of hydrogen-bond donors (Lipinski definition) is 0. The van der Waals surface area contributed by atoms with E-state index in [9.17, 15) is 0 Å². The lowest BCUT2D eigenvalue weighted by molar-refractivity contribution is -0.0792. The van der Waals surface area contributed by atoms with Crippen LogP contribution in [-0.2, 0) is 13.3 Å². The maximum atomic E-state index is 7.14. The fourth-order valence-corrected chi connectivity index (χ4v) is 12.0.